The fraction of sp³-hybridized carbons (Fsp3) is 0.889. The lowest BCUT2D eigenvalue weighted by Gasteiger charge is -2.01. The average molecular weight is 252 g/mol. The zero-order chi connectivity index (χ0) is 13.5. The second-order valence-corrected chi connectivity index (χ2v) is 6.07. The summed E-state index contributed by atoms with van der Waals surface area (Å²) in [6.45, 7) is 6.85. The highest BCUT2D eigenvalue weighted by Crippen LogP contribution is 2.11. The first-order chi connectivity index (χ1) is 8.77. The second-order valence-electron chi connectivity index (χ2n) is 6.07. The molecule has 0 fully saturated rings. The molecule has 0 heterocycles. The molecule has 0 aliphatic rings. The Morgan fingerprint density at radius 1 is 0.667 bits per heavy atom. The molecule has 0 saturated carbocycles. The number of unbranched alkanes of at least 4 members (excludes halogenated alkanes) is 10. The fourth-order valence-corrected chi connectivity index (χ4v) is 2.24. The average Bonchev–Trinajstić information content (AvgIpc) is 2.34. The first kappa shape index (κ1) is 17.7. The fourth-order valence-electron chi connectivity index (χ4n) is 2.24. The summed E-state index contributed by atoms with van der Waals surface area (Å²) in [5, 5.41) is 0. The minimum absolute atomic E-state index is 0.814. The molecule has 108 valence electrons. The van der Waals surface area contributed by atoms with Crippen molar-refractivity contribution in [2.75, 3.05) is 0 Å². The molecule has 0 bridgehead atoms. The van der Waals surface area contributed by atoms with Crippen LogP contribution >= 0.6 is 0 Å². The zero-order valence-electron chi connectivity index (χ0n) is 13.2. The van der Waals surface area contributed by atoms with Crippen molar-refractivity contribution in [2.24, 2.45) is 5.92 Å². The van der Waals surface area contributed by atoms with Crippen molar-refractivity contribution in [1.29, 1.82) is 0 Å². The summed E-state index contributed by atoms with van der Waals surface area (Å²) < 4.78 is 0. The van der Waals surface area contributed by atoms with Crippen LogP contribution in [0, 0.1) is 5.92 Å². The van der Waals surface area contributed by atoms with Gasteiger partial charge in [0, 0.05) is 0 Å². The van der Waals surface area contributed by atoms with Crippen molar-refractivity contribution in [3.05, 3.63) is 12.2 Å². The molecule has 0 aromatic heterocycles. The van der Waals surface area contributed by atoms with E-state index in [1.54, 1.807) is 0 Å². The van der Waals surface area contributed by atoms with E-state index in [4.69, 9.17) is 0 Å². The summed E-state index contributed by atoms with van der Waals surface area (Å²) in [6, 6.07) is 0. The first-order valence-electron chi connectivity index (χ1n) is 8.42. The third-order valence-corrected chi connectivity index (χ3v) is 3.50. The van der Waals surface area contributed by atoms with E-state index >= 15 is 0 Å². The summed E-state index contributed by atoms with van der Waals surface area (Å²) in [5.41, 5.74) is 0. The van der Waals surface area contributed by atoms with Gasteiger partial charge in [0.25, 0.3) is 0 Å². The third kappa shape index (κ3) is 15.7. The maximum Gasteiger partial charge on any atom is -0.0327 e. The van der Waals surface area contributed by atoms with E-state index in [2.05, 4.69) is 32.9 Å². The molecule has 0 aliphatic heterocycles. The van der Waals surface area contributed by atoms with E-state index in [1.807, 2.05) is 0 Å². The highest BCUT2D eigenvalue weighted by molar-refractivity contribution is 4.82. The Balaban J connectivity index is 3.01. The van der Waals surface area contributed by atoms with Gasteiger partial charge in [0.1, 0.15) is 0 Å². The Hall–Kier alpha value is -0.260. The lowest BCUT2D eigenvalue weighted by molar-refractivity contribution is 0.557. The molecule has 0 nitrogen and oxygen atoms in total. The number of rotatable bonds is 13. The van der Waals surface area contributed by atoms with E-state index < -0.39 is 0 Å². The molecule has 0 radical (unpaired) electrons. The topological polar surface area (TPSA) is 0 Å². The molecule has 18 heavy (non-hydrogen) atoms. The first-order valence-corrected chi connectivity index (χ1v) is 8.42. The van der Waals surface area contributed by atoms with Gasteiger partial charge in [-0.3, -0.25) is 0 Å². The van der Waals surface area contributed by atoms with Crippen LogP contribution in [0.25, 0.3) is 0 Å². The van der Waals surface area contributed by atoms with Crippen LogP contribution in [0.2, 0.25) is 0 Å². The standard InChI is InChI=1S/C18H36/c1-4-5-6-7-8-9-10-11-12-13-14-15-16-17-18(2)3/h15-16,18H,4-14,17H2,1-3H3. The van der Waals surface area contributed by atoms with E-state index in [0.29, 0.717) is 0 Å². The molecular formula is C18H36. The normalized spacial score (nSPS) is 11.8. The van der Waals surface area contributed by atoms with Crippen LogP contribution in [0.15, 0.2) is 12.2 Å². The van der Waals surface area contributed by atoms with E-state index in [9.17, 15) is 0 Å². The van der Waals surface area contributed by atoms with Crippen molar-refractivity contribution in [1.82, 2.24) is 0 Å². The molecule has 0 unspecified atom stereocenters. The summed E-state index contributed by atoms with van der Waals surface area (Å²) in [7, 11) is 0. The Morgan fingerprint density at radius 2 is 1.17 bits per heavy atom. The lowest BCUT2D eigenvalue weighted by atomic mass is 10.1. The molecule has 0 amide bonds. The SMILES string of the molecule is CCCCCCCCCCCCC=CCC(C)C. The van der Waals surface area contributed by atoms with E-state index in [1.165, 1.54) is 77.0 Å². The number of hydrogen-bond acceptors (Lipinski definition) is 0. The largest absolute Gasteiger partial charge is 0.0885 e. The number of allylic oxidation sites excluding steroid dienone is 2. The second kappa shape index (κ2) is 14.8. The quantitative estimate of drug-likeness (QED) is 0.247. The van der Waals surface area contributed by atoms with Crippen LogP contribution < -0.4 is 0 Å². The molecule has 0 aromatic rings. The highest BCUT2D eigenvalue weighted by atomic mass is 14.0. The molecule has 0 atom stereocenters. The molecule has 0 saturated heterocycles. The Kier molecular flexibility index (Phi) is 14.6. The van der Waals surface area contributed by atoms with Crippen LogP contribution in [0.5, 0.6) is 0 Å². The van der Waals surface area contributed by atoms with Gasteiger partial charge in [-0.25, -0.2) is 0 Å². The maximum absolute atomic E-state index is 2.38. The van der Waals surface area contributed by atoms with Crippen LogP contribution in [0.3, 0.4) is 0 Å². The maximum atomic E-state index is 2.38. The van der Waals surface area contributed by atoms with Crippen molar-refractivity contribution < 1.29 is 0 Å². The van der Waals surface area contributed by atoms with Gasteiger partial charge in [-0.05, 0) is 25.2 Å². The summed E-state index contributed by atoms with van der Waals surface area (Å²) in [4.78, 5) is 0. The number of hydrogen-bond donors (Lipinski definition) is 0. The van der Waals surface area contributed by atoms with Crippen LogP contribution in [-0.2, 0) is 0 Å². The molecule has 0 rings (SSSR count). The minimum Gasteiger partial charge on any atom is -0.0885 e. The highest BCUT2D eigenvalue weighted by Gasteiger charge is 1.92. The van der Waals surface area contributed by atoms with Gasteiger partial charge in [-0.2, -0.15) is 0 Å². The van der Waals surface area contributed by atoms with Crippen molar-refractivity contribution in [2.45, 2.75) is 97.8 Å². The summed E-state index contributed by atoms with van der Waals surface area (Å²) >= 11 is 0. The Labute approximate surface area is 116 Å². The van der Waals surface area contributed by atoms with Gasteiger partial charge in [-0.1, -0.05) is 90.7 Å². The Morgan fingerprint density at radius 3 is 1.67 bits per heavy atom. The van der Waals surface area contributed by atoms with Gasteiger partial charge in [0.2, 0.25) is 0 Å². The zero-order valence-corrected chi connectivity index (χ0v) is 13.2. The molecule has 0 aliphatic carbocycles. The van der Waals surface area contributed by atoms with Crippen LogP contribution in [0.1, 0.15) is 97.8 Å². The predicted molar refractivity (Wildman–Crippen MR) is 85.1 cm³/mol. The van der Waals surface area contributed by atoms with Gasteiger partial charge in [0.05, 0.1) is 0 Å². The predicted octanol–water partition coefficient (Wildman–Crippen LogP) is 6.90. The minimum atomic E-state index is 0.814. The Bertz CT molecular complexity index is 167. The molecule has 0 heteroatoms. The van der Waals surface area contributed by atoms with E-state index in [0.717, 1.165) is 5.92 Å². The smallest absolute Gasteiger partial charge is 0.0327 e. The van der Waals surface area contributed by atoms with Crippen LogP contribution in [-0.4, -0.2) is 0 Å². The summed E-state index contributed by atoms with van der Waals surface area (Å²) in [6.07, 6.45) is 21.7. The van der Waals surface area contributed by atoms with Crippen LogP contribution in [0.4, 0.5) is 0 Å². The molecular weight excluding hydrogens is 216 g/mol. The van der Waals surface area contributed by atoms with Crippen molar-refractivity contribution in [3.8, 4) is 0 Å². The summed E-state index contributed by atoms with van der Waals surface area (Å²) in [5.74, 6) is 0.814. The van der Waals surface area contributed by atoms with Gasteiger partial charge >= 0.3 is 0 Å². The molecule has 0 spiro atoms. The van der Waals surface area contributed by atoms with E-state index in [-0.39, 0.29) is 0 Å². The van der Waals surface area contributed by atoms with Gasteiger partial charge < -0.3 is 0 Å². The van der Waals surface area contributed by atoms with Gasteiger partial charge in [-0.15, -0.1) is 0 Å². The van der Waals surface area contributed by atoms with Gasteiger partial charge in [0.15, 0.2) is 0 Å². The molecule has 0 N–H and O–H groups in total. The van der Waals surface area contributed by atoms with Crippen molar-refractivity contribution in [3.63, 3.8) is 0 Å². The molecule has 0 aromatic carbocycles. The third-order valence-electron chi connectivity index (χ3n) is 3.50. The lowest BCUT2D eigenvalue weighted by Crippen LogP contribution is -1.82. The monoisotopic (exact) mass is 252 g/mol. The van der Waals surface area contributed by atoms with Crippen molar-refractivity contribution >= 4 is 0 Å².